The van der Waals surface area contributed by atoms with Crippen LogP contribution in [0.1, 0.15) is 16.0 Å². The van der Waals surface area contributed by atoms with Crippen molar-refractivity contribution >= 4 is 27.5 Å². The van der Waals surface area contributed by atoms with Gasteiger partial charge >= 0.3 is 0 Å². The number of halogens is 2. The molecule has 0 saturated carbocycles. The molecule has 18 heavy (non-hydrogen) atoms. The molecule has 0 N–H and O–H groups in total. The predicted molar refractivity (Wildman–Crippen MR) is 79.8 cm³/mol. The predicted octanol–water partition coefficient (Wildman–Crippen LogP) is 5.03. The standard InChI is InChI=1S/C15H14BrClO/c1-18-14-7-2-4-11(8-14)9-15(16)12-5-3-6-13(17)10-12/h2-8,10,15H,9H2,1H3. The zero-order chi connectivity index (χ0) is 13.0. The Kier molecular flexibility index (Phi) is 4.67. The van der Waals surface area contributed by atoms with Crippen LogP contribution in [-0.4, -0.2) is 7.11 Å². The van der Waals surface area contributed by atoms with Crippen LogP contribution in [0.25, 0.3) is 0 Å². The van der Waals surface area contributed by atoms with Crippen LogP contribution in [0.3, 0.4) is 0 Å². The molecule has 0 aliphatic rings. The van der Waals surface area contributed by atoms with Gasteiger partial charge in [0.1, 0.15) is 5.75 Å². The van der Waals surface area contributed by atoms with E-state index in [1.54, 1.807) is 7.11 Å². The second kappa shape index (κ2) is 6.26. The van der Waals surface area contributed by atoms with E-state index in [1.807, 2.05) is 30.3 Å². The summed E-state index contributed by atoms with van der Waals surface area (Å²) < 4.78 is 5.22. The van der Waals surface area contributed by atoms with Gasteiger partial charge < -0.3 is 4.74 Å². The molecule has 1 unspecified atom stereocenters. The van der Waals surface area contributed by atoms with E-state index in [2.05, 4.69) is 34.1 Å². The number of hydrogen-bond acceptors (Lipinski definition) is 1. The first kappa shape index (κ1) is 13.4. The van der Waals surface area contributed by atoms with Crippen molar-refractivity contribution in [3.05, 3.63) is 64.7 Å². The summed E-state index contributed by atoms with van der Waals surface area (Å²) >= 11 is 9.70. The van der Waals surface area contributed by atoms with Crippen molar-refractivity contribution in [3.63, 3.8) is 0 Å². The first-order valence-corrected chi connectivity index (χ1v) is 7.01. The molecule has 0 amide bonds. The van der Waals surface area contributed by atoms with Crippen LogP contribution in [0, 0.1) is 0 Å². The largest absolute Gasteiger partial charge is 0.497 e. The van der Waals surface area contributed by atoms with Gasteiger partial charge in [-0.3, -0.25) is 0 Å². The average molecular weight is 326 g/mol. The maximum Gasteiger partial charge on any atom is 0.119 e. The zero-order valence-electron chi connectivity index (χ0n) is 10.1. The van der Waals surface area contributed by atoms with Gasteiger partial charge in [-0.05, 0) is 41.8 Å². The van der Waals surface area contributed by atoms with Crippen molar-refractivity contribution in [2.45, 2.75) is 11.2 Å². The topological polar surface area (TPSA) is 9.23 Å². The first-order chi connectivity index (χ1) is 8.69. The molecule has 0 fully saturated rings. The molecule has 94 valence electrons. The number of benzene rings is 2. The van der Waals surface area contributed by atoms with Crippen molar-refractivity contribution in [2.24, 2.45) is 0 Å². The van der Waals surface area contributed by atoms with Gasteiger partial charge in [0.2, 0.25) is 0 Å². The van der Waals surface area contributed by atoms with Gasteiger partial charge in [-0.25, -0.2) is 0 Å². The molecule has 3 heteroatoms. The monoisotopic (exact) mass is 324 g/mol. The van der Waals surface area contributed by atoms with E-state index in [0.717, 1.165) is 17.2 Å². The van der Waals surface area contributed by atoms with Crippen LogP contribution in [0.5, 0.6) is 5.75 Å². The van der Waals surface area contributed by atoms with E-state index in [4.69, 9.17) is 16.3 Å². The Balaban J connectivity index is 2.13. The molecule has 2 aromatic rings. The SMILES string of the molecule is COc1cccc(CC(Br)c2cccc(Cl)c2)c1. The number of rotatable bonds is 4. The lowest BCUT2D eigenvalue weighted by molar-refractivity contribution is 0.414. The van der Waals surface area contributed by atoms with E-state index >= 15 is 0 Å². The van der Waals surface area contributed by atoms with Gasteiger partial charge in [-0.2, -0.15) is 0 Å². The van der Waals surface area contributed by atoms with Crippen molar-refractivity contribution < 1.29 is 4.74 Å². The highest BCUT2D eigenvalue weighted by molar-refractivity contribution is 9.09. The van der Waals surface area contributed by atoms with Crippen LogP contribution >= 0.6 is 27.5 Å². The molecule has 0 heterocycles. The summed E-state index contributed by atoms with van der Waals surface area (Å²) in [4.78, 5) is 0.253. The highest BCUT2D eigenvalue weighted by atomic mass is 79.9. The fourth-order valence-electron chi connectivity index (χ4n) is 1.83. The zero-order valence-corrected chi connectivity index (χ0v) is 12.4. The van der Waals surface area contributed by atoms with Gasteiger partial charge in [0.05, 0.1) is 7.11 Å². The minimum absolute atomic E-state index is 0.253. The van der Waals surface area contributed by atoms with Crippen LogP contribution in [0.2, 0.25) is 5.02 Å². The van der Waals surface area contributed by atoms with Crippen molar-refractivity contribution in [1.82, 2.24) is 0 Å². The number of alkyl halides is 1. The fourth-order valence-corrected chi connectivity index (χ4v) is 2.68. The Labute approximate surface area is 121 Å². The molecule has 0 aliphatic heterocycles. The quantitative estimate of drug-likeness (QED) is 0.717. The molecule has 0 aliphatic carbocycles. The minimum atomic E-state index is 0.253. The van der Waals surface area contributed by atoms with Gasteiger partial charge in [-0.15, -0.1) is 0 Å². The average Bonchev–Trinajstić information content (AvgIpc) is 2.39. The fraction of sp³-hybridized carbons (Fsp3) is 0.200. The second-order valence-electron chi connectivity index (χ2n) is 4.08. The molecule has 0 aromatic heterocycles. The van der Waals surface area contributed by atoms with Gasteiger partial charge in [0, 0.05) is 9.85 Å². The van der Waals surface area contributed by atoms with Crippen LogP contribution in [0.4, 0.5) is 0 Å². The van der Waals surface area contributed by atoms with Gasteiger partial charge in [0.25, 0.3) is 0 Å². The molecular weight excluding hydrogens is 312 g/mol. The van der Waals surface area contributed by atoms with E-state index in [-0.39, 0.29) is 4.83 Å². The highest BCUT2D eigenvalue weighted by Crippen LogP contribution is 2.29. The maximum atomic E-state index is 6.00. The third kappa shape index (κ3) is 3.50. The summed E-state index contributed by atoms with van der Waals surface area (Å²) in [6.07, 6.45) is 0.900. The van der Waals surface area contributed by atoms with Crippen LogP contribution in [0.15, 0.2) is 48.5 Å². The van der Waals surface area contributed by atoms with Gasteiger partial charge in [0.15, 0.2) is 0 Å². The second-order valence-corrected chi connectivity index (χ2v) is 5.62. The van der Waals surface area contributed by atoms with E-state index in [1.165, 1.54) is 11.1 Å². The summed E-state index contributed by atoms with van der Waals surface area (Å²) in [6.45, 7) is 0. The Morgan fingerprint density at radius 3 is 2.67 bits per heavy atom. The lowest BCUT2D eigenvalue weighted by Gasteiger charge is -2.11. The minimum Gasteiger partial charge on any atom is -0.497 e. The summed E-state index contributed by atoms with van der Waals surface area (Å²) in [5.41, 5.74) is 2.42. The highest BCUT2D eigenvalue weighted by Gasteiger charge is 2.09. The normalized spacial score (nSPS) is 12.2. The van der Waals surface area contributed by atoms with E-state index < -0.39 is 0 Å². The van der Waals surface area contributed by atoms with E-state index in [9.17, 15) is 0 Å². The first-order valence-electron chi connectivity index (χ1n) is 5.71. The number of methoxy groups -OCH3 is 1. The molecule has 1 nitrogen and oxygen atoms in total. The summed E-state index contributed by atoms with van der Waals surface area (Å²) in [5.74, 6) is 0.887. The maximum absolute atomic E-state index is 6.00. The Morgan fingerprint density at radius 2 is 1.94 bits per heavy atom. The van der Waals surface area contributed by atoms with Crippen LogP contribution in [-0.2, 0) is 6.42 Å². The molecule has 0 saturated heterocycles. The summed E-state index contributed by atoms with van der Waals surface area (Å²) in [7, 11) is 1.68. The molecule has 0 radical (unpaired) electrons. The number of hydrogen-bond donors (Lipinski definition) is 0. The van der Waals surface area contributed by atoms with E-state index in [0.29, 0.717) is 0 Å². The summed E-state index contributed by atoms with van der Waals surface area (Å²) in [5, 5.41) is 0.766. The lowest BCUT2D eigenvalue weighted by Crippen LogP contribution is -1.96. The Bertz CT molecular complexity index is 527. The smallest absolute Gasteiger partial charge is 0.119 e. The van der Waals surface area contributed by atoms with Crippen molar-refractivity contribution in [1.29, 1.82) is 0 Å². The molecule has 2 rings (SSSR count). The Morgan fingerprint density at radius 1 is 1.17 bits per heavy atom. The molecule has 0 spiro atoms. The lowest BCUT2D eigenvalue weighted by atomic mass is 10.0. The third-order valence-electron chi connectivity index (χ3n) is 2.76. The Hall–Kier alpha value is -0.990. The number of ether oxygens (including phenoxy) is 1. The van der Waals surface area contributed by atoms with Gasteiger partial charge in [-0.1, -0.05) is 51.8 Å². The molecule has 2 aromatic carbocycles. The van der Waals surface area contributed by atoms with Crippen molar-refractivity contribution in [3.8, 4) is 5.75 Å². The van der Waals surface area contributed by atoms with Crippen molar-refractivity contribution in [2.75, 3.05) is 7.11 Å². The molecular formula is C15H14BrClO. The molecule has 1 atom stereocenters. The van der Waals surface area contributed by atoms with Crippen LogP contribution < -0.4 is 4.74 Å². The summed E-state index contributed by atoms with van der Waals surface area (Å²) in [6, 6.07) is 16.0. The molecule has 0 bridgehead atoms. The third-order valence-corrected chi connectivity index (χ3v) is 3.85.